The lowest BCUT2D eigenvalue weighted by Gasteiger charge is -2.29. The zero-order valence-electron chi connectivity index (χ0n) is 35.1. The number of aromatic nitrogens is 1. The van der Waals surface area contributed by atoms with Crippen molar-refractivity contribution in [3.05, 3.63) is 173 Å². The molecule has 0 spiro atoms. The Balaban J connectivity index is 0.945. The number of para-hydroxylation sites is 3. The molecule has 7 aromatic rings. The fourth-order valence-corrected chi connectivity index (χ4v) is 9.23. The lowest BCUT2D eigenvalue weighted by Crippen LogP contribution is -2.27. The maximum absolute atomic E-state index is 12.2. The summed E-state index contributed by atoms with van der Waals surface area (Å²) in [4.78, 5) is 2.32. The SMILES string of the molecule is CCc1ccc2c(c1)C1C=CCC=CC1N2c1cc(C)cc(-c2ccccc2OCCCOc2ccccc2-c2cc(C)cc(-n3c(C)c(C)c4ccccc43)c2O)c1O. The highest BCUT2D eigenvalue weighted by atomic mass is 16.5. The van der Waals surface area contributed by atoms with E-state index < -0.39 is 0 Å². The Labute approximate surface area is 353 Å². The molecule has 6 heteroatoms. The van der Waals surface area contributed by atoms with E-state index in [1.165, 1.54) is 22.1 Å². The van der Waals surface area contributed by atoms with E-state index in [1.807, 2.05) is 72.8 Å². The lowest BCUT2D eigenvalue weighted by atomic mass is 9.93. The summed E-state index contributed by atoms with van der Waals surface area (Å²) in [5.41, 5.74) is 13.9. The highest BCUT2D eigenvalue weighted by Crippen LogP contribution is 2.52. The molecule has 9 rings (SSSR count). The van der Waals surface area contributed by atoms with Gasteiger partial charge in [0.15, 0.2) is 0 Å². The first-order valence-corrected chi connectivity index (χ1v) is 21.2. The number of aromatic hydroxyl groups is 2. The van der Waals surface area contributed by atoms with Crippen LogP contribution in [0.15, 0.2) is 140 Å². The number of hydrogen-bond donors (Lipinski definition) is 2. The fraction of sp³-hybridized carbons (Fsp3) is 0.222. The molecule has 2 aliphatic rings. The molecule has 60 heavy (non-hydrogen) atoms. The van der Waals surface area contributed by atoms with Crippen LogP contribution in [0.5, 0.6) is 23.0 Å². The van der Waals surface area contributed by atoms with Crippen LogP contribution in [0.25, 0.3) is 38.8 Å². The van der Waals surface area contributed by atoms with Crippen LogP contribution in [0.2, 0.25) is 0 Å². The summed E-state index contributed by atoms with van der Waals surface area (Å²) in [6.07, 6.45) is 11.6. The maximum Gasteiger partial charge on any atom is 0.147 e. The molecule has 0 bridgehead atoms. The second-order valence-corrected chi connectivity index (χ2v) is 16.2. The minimum atomic E-state index is 0.0631. The van der Waals surface area contributed by atoms with Crippen molar-refractivity contribution in [3.63, 3.8) is 0 Å². The van der Waals surface area contributed by atoms with Gasteiger partial charge in [0.25, 0.3) is 0 Å². The van der Waals surface area contributed by atoms with E-state index in [0.717, 1.165) is 74.5 Å². The third kappa shape index (κ3) is 6.90. The molecule has 6 nitrogen and oxygen atoms in total. The summed E-state index contributed by atoms with van der Waals surface area (Å²) < 4.78 is 15.1. The highest BCUT2D eigenvalue weighted by molar-refractivity contribution is 5.90. The van der Waals surface area contributed by atoms with Crippen LogP contribution in [0, 0.1) is 27.7 Å². The number of allylic oxidation sites excluding steroid dienone is 2. The predicted octanol–water partition coefficient (Wildman–Crippen LogP) is 13.1. The molecule has 0 amide bonds. The average Bonchev–Trinajstić information content (AvgIpc) is 3.55. The zero-order valence-corrected chi connectivity index (χ0v) is 35.1. The van der Waals surface area contributed by atoms with Gasteiger partial charge in [0.05, 0.1) is 36.1 Å². The Morgan fingerprint density at radius 1 is 0.617 bits per heavy atom. The zero-order chi connectivity index (χ0) is 41.5. The number of fused-ring (bicyclic) bond motifs is 4. The van der Waals surface area contributed by atoms with Crippen molar-refractivity contribution in [3.8, 4) is 50.9 Å². The van der Waals surface area contributed by atoms with Gasteiger partial charge < -0.3 is 29.2 Å². The third-order valence-corrected chi connectivity index (χ3v) is 12.3. The monoisotopic (exact) mass is 792 g/mol. The van der Waals surface area contributed by atoms with Crippen LogP contribution in [0.4, 0.5) is 11.4 Å². The van der Waals surface area contributed by atoms with Crippen molar-refractivity contribution in [1.29, 1.82) is 0 Å². The average molecular weight is 793 g/mol. The molecule has 302 valence electrons. The number of ether oxygens (including phenoxy) is 2. The van der Waals surface area contributed by atoms with Crippen molar-refractivity contribution < 1.29 is 19.7 Å². The van der Waals surface area contributed by atoms with Crippen LogP contribution >= 0.6 is 0 Å². The van der Waals surface area contributed by atoms with Crippen LogP contribution in [-0.4, -0.2) is 34.0 Å². The van der Waals surface area contributed by atoms with Gasteiger partial charge >= 0.3 is 0 Å². The van der Waals surface area contributed by atoms with Crippen LogP contribution in [-0.2, 0) is 6.42 Å². The van der Waals surface area contributed by atoms with Crippen LogP contribution in [0.3, 0.4) is 0 Å². The normalized spacial score (nSPS) is 15.6. The second kappa shape index (κ2) is 16.2. The molecule has 1 aliphatic heterocycles. The predicted molar refractivity (Wildman–Crippen MR) is 246 cm³/mol. The topological polar surface area (TPSA) is 67.1 Å². The van der Waals surface area contributed by atoms with Crippen LogP contribution < -0.4 is 14.4 Å². The molecule has 1 aliphatic carbocycles. The molecule has 2 heterocycles. The maximum atomic E-state index is 12.2. The number of anilines is 2. The van der Waals surface area contributed by atoms with E-state index in [0.29, 0.717) is 31.1 Å². The quantitative estimate of drug-likeness (QED) is 0.101. The van der Waals surface area contributed by atoms with Gasteiger partial charge in [-0.3, -0.25) is 0 Å². The molecule has 0 saturated heterocycles. The van der Waals surface area contributed by atoms with E-state index in [4.69, 9.17) is 9.47 Å². The molecular formula is C54H52N2O4. The highest BCUT2D eigenvalue weighted by Gasteiger charge is 2.38. The van der Waals surface area contributed by atoms with Gasteiger partial charge in [-0.05, 0) is 117 Å². The molecular weight excluding hydrogens is 741 g/mol. The van der Waals surface area contributed by atoms with Crippen molar-refractivity contribution >= 4 is 22.3 Å². The van der Waals surface area contributed by atoms with E-state index in [2.05, 4.69) is 111 Å². The number of phenols is 2. The van der Waals surface area contributed by atoms with Gasteiger partial charge in [-0.25, -0.2) is 0 Å². The second-order valence-electron chi connectivity index (χ2n) is 16.2. The van der Waals surface area contributed by atoms with Gasteiger partial charge in [-0.15, -0.1) is 0 Å². The number of nitrogens with zero attached hydrogens (tertiary/aromatic N) is 2. The van der Waals surface area contributed by atoms with Gasteiger partial charge in [0.2, 0.25) is 0 Å². The van der Waals surface area contributed by atoms with Gasteiger partial charge in [0, 0.05) is 51.4 Å². The van der Waals surface area contributed by atoms with E-state index in [-0.39, 0.29) is 23.5 Å². The minimum absolute atomic E-state index is 0.0631. The lowest BCUT2D eigenvalue weighted by molar-refractivity contribution is 0.248. The minimum Gasteiger partial charge on any atom is -0.505 e. The summed E-state index contributed by atoms with van der Waals surface area (Å²) in [6, 6.07) is 39.2. The fourth-order valence-electron chi connectivity index (χ4n) is 9.23. The van der Waals surface area contributed by atoms with Crippen molar-refractivity contribution in [1.82, 2.24) is 4.57 Å². The Hall–Kier alpha value is -6.66. The molecule has 2 unspecified atom stereocenters. The van der Waals surface area contributed by atoms with Crippen molar-refractivity contribution in [2.24, 2.45) is 0 Å². The number of benzene rings is 6. The first-order chi connectivity index (χ1) is 29.2. The van der Waals surface area contributed by atoms with E-state index >= 15 is 0 Å². The Morgan fingerprint density at radius 3 is 1.90 bits per heavy atom. The Morgan fingerprint density at radius 2 is 1.22 bits per heavy atom. The van der Waals surface area contributed by atoms with E-state index in [1.54, 1.807) is 0 Å². The van der Waals surface area contributed by atoms with Crippen molar-refractivity contribution in [2.45, 2.75) is 65.8 Å². The van der Waals surface area contributed by atoms with Gasteiger partial charge in [-0.1, -0.05) is 98.0 Å². The molecule has 1 aromatic heterocycles. The molecule has 0 radical (unpaired) electrons. The summed E-state index contributed by atoms with van der Waals surface area (Å²) in [6.45, 7) is 11.4. The molecule has 0 fully saturated rings. The van der Waals surface area contributed by atoms with Gasteiger partial charge in [0.1, 0.15) is 23.0 Å². The number of aryl methyl sites for hydroxylation is 4. The van der Waals surface area contributed by atoms with Crippen molar-refractivity contribution in [2.75, 3.05) is 18.1 Å². The first kappa shape index (κ1) is 38.8. The largest absolute Gasteiger partial charge is 0.505 e. The Bertz CT molecular complexity index is 2810. The number of rotatable bonds is 11. The number of hydrogen-bond acceptors (Lipinski definition) is 5. The van der Waals surface area contributed by atoms with E-state index in [9.17, 15) is 10.2 Å². The summed E-state index contributed by atoms with van der Waals surface area (Å²) in [7, 11) is 0. The molecule has 2 N–H and O–H groups in total. The third-order valence-electron chi connectivity index (χ3n) is 12.3. The smallest absolute Gasteiger partial charge is 0.147 e. The summed E-state index contributed by atoms with van der Waals surface area (Å²) >= 11 is 0. The summed E-state index contributed by atoms with van der Waals surface area (Å²) in [5, 5.41) is 25.3. The van der Waals surface area contributed by atoms with Crippen LogP contribution in [0.1, 0.15) is 59.2 Å². The molecule has 0 saturated carbocycles. The summed E-state index contributed by atoms with van der Waals surface area (Å²) in [5.74, 6) is 2.06. The first-order valence-electron chi connectivity index (χ1n) is 21.2. The molecule has 6 aromatic carbocycles. The Kier molecular flexibility index (Phi) is 10.5. The van der Waals surface area contributed by atoms with Gasteiger partial charge in [-0.2, -0.15) is 0 Å². The molecule has 2 atom stereocenters. The number of phenolic OH excluding ortho intramolecular Hbond substituents is 2. The standard InChI is InChI=1S/C54H52N2O4/c1-6-38-25-26-48-43(33-38)40-18-8-7-9-21-47(40)56(48)50-32-35(3)30-45(54(50)58)42-20-12-15-24-52(42)60-28-16-27-59-51-23-14-11-19-41(51)44-29-34(2)31-49(53(44)57)55-37(5)36(4)39-17-10-13-22-46(39)55/h8-15,17-26,29-33,40,47,57-58H,6-7,16,27-28H2,1-5H3.